The molecule has 0 heterocycles. The number of carbonyl (C=O) groups excluding carboxylic acids is 2. The lowest BCUT2D eigenvalue weighted by molar-refractivity contribution is -0.147. The Hall–Kier alpha value is -1.14. The predicted octanol–water partition coefficient (Wildman–Crippen LogP) is -0.133. The average Bonchev–Trinajstić information content (AvgIpc) is 2.91. The number of esters is 1. The molecule has 0 bridgehead atoms. The van der Waals surface area contributed by atoms with E-state index in [2.05, 4.69) is 17.3 Å². The normalized spacial score (nSPS) is 17.5. The molecule has 0 radical (unpaired) electrons. The van der Waals surface area contributed by atoms with Crippen molar-refractivity contribution < 1.29 is 14.3 Å². The van der Waals surface area contributed by atoms with Gasteiger partial charge in [-0.1, -0.05) is 12.8 Å². The number of likely N-dealkylation sites (N-methyl/N-ethyl adjacent to an activating group) is 1. The van der Waals surface area contributed by atoms with Crippen molar-refractivity contribution in [1.29, 1.82) is 0 Å². The van der Waals surface area contributed by atoms with E-state index in [0.29, 0.717) is 12.6 Å². The highest BCUT2D eigenvalue weighted by molar-refractivity contribution is 6.01. The molecule has 0 aromatic carbocycles. The lowest BCUT2D eigenvalue weighted by Gasteiger charge is -2.24. The van der Waals surface area contributed by atoms with Crippen LogP contribution < -0.4 is 11.1 Å². The Morgan fingerprint density at radius 1 is 1.42 bits per heavy atom. The molecule has 1 atom stereocenters. The first kappa shape index (κ1) is 15.9. The molecular formula is C13H25N3O3. The van der Waals surface area contributed by atoms with Gasteiger partial charge in [-0.2, -0.15) is 0 Å². The second-order valence-electron chi connectivity index (χ2n) is 4.94. The van der Waals surface area contributed by atoms with Crippen LogP contribution in [0.1, 0.15) is 32.6 Å². The number of ether oxygens (including phenoxy) is 1. The zero-order valence-electron chi connectivity index (χ0n) is 11.9. The Bertz CT molecular complexity index is 304. The standard InChI is InChI=1S/C13H25N3O3/c1-3-19-13(18)11(14)12(17)15-8-9-16(2)10-6-4-5-7-10/h10-11H,3-9,14H2,1-2H3,(H,15,17). The molecule has 0 aliphatic heterocycles. The fourth-order valence-corrected chi connectivity index (χ4v) is 2.33. The number of nitrogens with one attached hydrogen (secondary N) is 1. The summed E-state index contributed by atoms with van der Waals surface area (Å²) >= 11 is 0. The Balaban J connectivity index is 2.20. The lowest BCUT2D eigenvalue weighted by atomic mass is 10.2. The zero-order chi connectivity index (χ0) is 14.3. The molecule has 3 N–H and O–H groups in total. The van der Waals surface area contributed by atoms with Crippen LogP contribution >= 0.6 is 0 Å². The summed E-state index contributed by atoms with van der Waals surface area (Å²) in [4.78, 5) is 25.1. The molecule has 1 fully saturated rings. The Morgan fingerprint density at radius 2 is 2.05 bits per heavy atom. The van der Waals surface area contributed by atoms with Crippen molar-refractivity contribution in [1.82, 2.24) is 10.2 Å². The highest BCUT2D eigenvalue weighted by atomic mass is 16.5. The average molecular weight is 271 g/mol. The lowest BCUT2D eigenvalue weighted by Crippen LogP contribution is -2.48. The Morgan fingerprint density at radius 3 is 2.63 bits per heavy atom. The number of nitrogens with zero attached hydrogens (tertiary/aromatic N) is 1. The van der Waals surface area contributed by atoms with Crippen LogP contribution in [0.5, 0.6) is 0 Å². The summed E-state index contributed by atoms with van der Waals surface area (Å²) in [5, 5.41) is 2.67. The molecule has 1 aliphatic rings. The molecule has 6 nitrogen and oxygen atoms in total. The van der Waals surface area contributed by atoms with Gasteiger partial charge in [-0.15, -0.1) is 0 Å². The van der Waals surface area contributed by atoms with Crippen molar-refractivity contribution in [3.05, 3.63) is 0 Å². The quantitative estimate of drug-likeness (QED) is 0.497. The van der Waals surface area contributed by atoms with Crippen LogP contribution in [0.15, 0.2) is 0 Å². The minimum absolute atomic E-state index is 0.226. The molecule has 1 amide bonds. The Kier molecular flexibility index (Phi) is 6.80. The highest BCUT2D eigenvalue weighted by Crippen LogP contribution is 2.21. The number of hydrogen-bond donors (Lipinski definition) is 2. The van der Waals surface area contributed by atoms with Gasteiger partial charge < -0.3 is 20.7 Å². The van der Waals surface area contributed by atoms with Crippen molar-refractivity contribution >= 4 is 11.9 Å². The molecule has 1 unspecified atom stereocenters. The first-order valence-corrected chi connectivity index (χ1v) is 6.96. The van der Waals surface area contributed by atoms with Gasteiger partial charge in [-0.05, 0) is 26.8 Å². The number of rotatable bonds is 7. The second-order valence-corrected chi connectivity index (χ2v) is 4.94. The number of nitrogens with two attached hydrogens (primary N) is 1. The third-order valence-corrected chi connectivity index (χ3v) is 3.53. The SMILES string of the molecule is CCOC(=O)C(N)C(=O)NCCN(C)C1CCCC1. The molecule has 0 aromatic rings. The van der Waals surface area contributed by atoms with Gasteiger partial charge in [0, 0.05) is 19.1 Å². The van der Waals surface area contributed by atoms with Crippen LogP contribution in [-0.4, -0.2) is 55.6 Å². The van der Waals surface area contributed by atoms with Crippen LogP contribution in [0.2, 0.25) is 0 Å². The van der Waals surface area contributed by atoms with Gasteiger partial charge in [0.15, 0.2) is 6.04 Å². The van der Waals surface area contributed by atoms with E-state index in [1.54, 1.807) is 6.92 Å². The first-order valence-electron chi connectivity index (χ1n) is 6.96. The summed E-state index contributed by atoms with van der Waals surface area (Å²) in [5.41, 5.74) is 5.49. The van der Waals surface area contributed by atoms with Gasteiger partial charge in [0.1, 0.15) is 0 Å². The summed E-state index contributed by atoms with van der Waals surface area (Å²) in [5.74, 6) is -1.15. The van der Waals surface area contributed by atoms with Crippen LogP contribution in [0, 0.1) is 0 Å². The van der Waals surface area contributed by atoms with Crippen molar-refractivity contribution in [2.75, 3.05) is 26.7 Å². The van der Waals surface area contributed by atoms with E-state index >= 15 is 0 Å². The molecule has 0 saturated heterocycles. The molecule has 1 saturated carbocycles. The largest absolute Gasteiger partial charge is 0.464 e. The Labute approximate surface area is 114 Å². The van der Waals surface area contributed by atoms with E-state index in [4.69, 9.17) is 10.5 Å². The summed E-state index contributed by atoms with van der Waals surface area (Å²) in [7, 11) is 2.06. The fraction of sp³-hybridized carbons (Fsp3) is 0.846. The van der Waals surface area contributed by atoms with E-state index in [1.807, 2.05) is 0 Å². The summed E-state index contributed by atoms with van der Waals surface area (Å²) in [6.45, 7) is 3.17. The van der Waals surface area contributed by atoms with Gasteiger partial charge in [0.05, 0.1) is 6.61 Å². The third-order valence-electron chi connectivity index (χ3n) is 3.53. The highest BCUT2D eigenvalue weighted by Gasteiger charge is 2.23. The van der Waals surface area contributed by atoms with Gasteiger partial charge in [-0.25, -0.2) is 4.79 Å². The topological polar surface area (TPSA) is 84.7 Å². The number of carbonyl (C=O) groups is 2. The number of hydrogen-bond acceptors (Lipinski definition) is 5. The molecule has 19 heavy (non-hydrogen) atoms. The smallest absolute Gasteiger partial charge is 0.332 e. The molecule has 110 valence electrons. The molecule has 0 spiro atoms. The summed E-state index contributed by atoms with van der Waals surface area (Å²) < 4.78 is 4.70. The van der Waals surface area contributed by atoms with Gasteiger partial charge >= 0.3 is 5.97 Å². The minimum atomic E-state index is -1.23. The zero-order valence-corrected chi connectivity index (χ0v) is 11.9. The van der Waals surface area contributed by atoms with Crippen molar-refractivity contribution in [2.24, 2.45) is 5.73 Å². The molecular weight excluding hydrogens is 246 g/mol. The van der Waals surface area contributed by atoms with E-state index in [-0.39, 0.29) is 6.61 Å². The first-order chi connectivity index (χ1) is 9.06. The van der Waals surface area contributed by atoms with Crippen molar-refractivity contribution in [3.8, 4) is 0 Å². The molecule has 1 rings (SSSR count). The predicted molar refractivity (Wildman–Crippen MR) is 72.5 cm³/mol. The maximum atomic E-state index is 11.6. The van der Waals surface area contributed by atoms with Crippen molar-refractivity contribution in [3.63, 3.8) is 0 Å². The van der Waals surface area contributed by atoms with Gasteiger partial charge in [-0.3, -0.25) is 4.79 Å². The van der Waals surface area contributed by atoms with E-state index in [0.717, 1.165) is 6.54 Å². The van der Waals surface area contributed by atoms with Crippen molar-refractivity contribution in [2.45, 2.75) is 44.7 Å². The van der Waals surface area contributed by atoms with Crippen LogP contribution in [0.25, 0.3) is 0 Å². The van der Waals surface area contributed by atoms with E-state index in [9.17, 15) is 9.59 Å². The number of amides is 1. The van der Waals surface area contributed by atoms with Crippen LogP contribution in [-0.2, 0) is 14.3 Å². The maximum absolute atomic E-state index is 11.6. The summed E-state index contributed by atoms with van der Waals surface area (Å²) in [6, 6.07) is -0.604. The molecule has 1 aliphatic carbocycles. The third kappa shape index (κ3) is 5.16. The van der Waals surface area contributed by atoms with Crippen LogP contribution in [0.3, 0.4) is 0 Å². The van der Waals surface area contributed by atoms with E-state index < -0.39 is 17.9 Å². The van der Waals surface area contributed by atoms with Gasteiger partial charge in [0.25, 0.3) is 0 Å². The van der Waals surface area contributed by atoms with Gasteiger partial charge in [0.2, 0.25) is 5.91 Å². The van der Waals surface area contributed by atoms with Crippen LogP contribution in [0.4, 0.5) is 0 Å². The summed E-state index contributed by atoms with van der Waals surface area (Å²) in [6.07, 6.45) is 5.03. The molecule has 0 aromatic heterocycles. The van der Waals surface area contributed by atoms with E-state index in [1.165, 1.54) is 25.7 Å². The maximum Gasteiger partial charge on any atom is 0.332 e. The fourth-order valence-electron chi connectivity index (χ4n) is 2.33. The minimum Gasteiger partial charge on any atom is -0.464 e. The molecule has 6 heteroatoms. The monoisotopic (exact) mass is 271 g/mol. The second kappa shape index (κ2) is 8.12.